The minimum absolute atomic E-state index is 0.0744. The van der Waals surface area contributed by atoms with E-state index < -0.39 is 0 Å². The molecule has 2 heteroatoms. The van der Waals surface area contributed by atoms with Crippen molar-refractivity contribution >= 4 is 0 Å². The van der Waals surface area contributed by atoms with E-state index in [9.17, 15) is 0 Å². The third-order valence-corrected chi connectivity index (χ3v) is 3.24. The van der Waals surface area contributed by atoms with Gasteiger partial charge < -0.3 is 10.1 Å². The Labute approximate surface area is 105 Å². The van der Waals surface area contributed by atoms with Crippen molar-refractivity contribution in [2.45, 2.75) is 39.0 Å². The molecule has 0 unspecified atom stereocenters. The predicted molar refractivity (Wildman–Crippen MR) is 74.0 cm³/mol. The van der Waals surface area contributed by atoms with E-state index in [1.165, 1.54) is 11.1 Å². The normalized spacial score (nSPS) is 11.9. The maximum Gasteiger partial charge on any atom is 0.122 e. The molecule has 17 heavy (non-hydrogen) atoms. The summed E-state index contributed by atoms with van der Waals surface area (Å²) in [6.07, 6.45) is 0. The van der Waals surface area contributed by atoms with Gasteiger partial charge in [0.1, 0.15) is 5.75 Å². The molecule has 0 radical (unpaired) electrons. The van der Waals surface area contributed by atoms with Gasteiger partial charge in [0, 0.05) is 17.5 Å². The molecule has 0 aliphatic carbocycles. The van der Waals surface area contributed by atoms with Gasteiger partial charge in [0.15, 0.2) is 0 Å². The van der Waals surface area contributed by atoms with Gasteiger partial charge in [0.05, 0.1) is 7.11 Å². The molecule has 2 nitrogen and oxygen atoms in total. The lowest BCUT2D eigenvalue weighted by molar-refractivity contribution is 0.388. The smallest absolute Gasteiger partial charge is 0.122 e. The molecule has 0 saturated carbocycles. The van der Waals surface area contributed by atoms with Crippen LogP contribution >= 0.6 is 0 Å². The summed E-state index contributed by atoms with van der Waals surface area (Å²) < 4.78 is 5.48. The lowest BCUT2D eigenvalue weighted by Gasteiger charge is -2.28. The van der Waals surface area contributed by atoms with E-state index in [1.807, 2.05) is 7.05 Å². The molecule has 1 aromatic rings. The van der Waals surface area contributed by atoms with Crippen LogP contribution in [0.2, 0.25) is 0 Å². The topological polar surface area (TPSA) is 21.3 Å². The Hall–Kier alpha value is -1.02. The minimum atomic E-state index is 0.0744. The van der Waals surface area contributed by atoms with E-state index in [0.29, 0.717) is 5.92 Å². The summed E-state index contributed by atoms with van der Waals surface area (Å²) in [6, 6.07) is 6.52. The van der Waals surface area contributed by atoms with Crippen LogP contribution in [0.15, 0.2) is 18.2 Å². The van der Waals surface area contributed by atoms with E-state index in [1.54, 1.807) is 7.11 Å². The number of hydrogen-bond donors (Lipinski definition) is 1. The summed E-state index contributed by atoms with van der Waals surface area (Å²) in [5.41, 5.74) is 2.72. The standard InChI is InChI=1S/C15H25NO/c1-11(2)12-7-8-14(17-6)13(9-12)15(3,4)10-16-5/h7-9,11,16H,10H2,1-6H3. The zero-order valence-electron chi connectivity index (χ0n) is 11.9. The summed E-state index contributed by atoms with van der Waals surface area (Å²) in [6.45, 7) is 9.86. The van der Waals surface area contributed by atoms with Crippen molar-refractivity contribution in [2.24, 2.45) is 0 Å². The third kappa shape index (κ3) is 3.22. The molecule has 0 bridgehead atoms. The molecule has 96 valence electrons. The monoisotopic (exact) mass is 235 g/mol. The highest BCUT2D eigenvalue weighted by atomic mass is 16.5. The SMILES string of the molecule is CNCC(C)(C)c1cc(C(C)C)ccc1OC. The summed E-state index contributed by atoms with van der Waals surface area (Å²) in [4.78, 5) is 0. The zero-order chi connectivity index (χ0) is 13.1. The van der Waals surface area contributed by atoms with Crippen LogP contribution in [0.3, 0.4) is 0 Å². The maximum atomic E-state index is 5.48. The molecule has 1 N–H and O–H groups in total. The molecule has 1 rings (SSSR count). The van der Waals surface area contributed by atoms with Gasteiger partial charge in [-0.2, -0.15) is 0 Å². The molecule has 0 aromatic heterocycles. The Morgan fingerprint density at radius 3 is 2.41 bits per heavy atom. The number of hydrogen-bond acceptors (Lipinski definition) is 2. The second-order valence-corrected chi connectivity index (χ2v) is 5.53. The van der Waals surface area contributed by atoms with Crippen LogP contribution in [0.4, 0.5) is 0 Å². The Morgan fingerprint density at radius 2 is 1.94 bits per heavy atom. The van der Waals surface area contributed by atoms with Gasteiger partial charge in [0.25, 0.3) is 0 Å². The third-order valence-electron chi connectivity index (χ3n) is 3.24. The van der Waals surface area contributed by atoms with E-state index >= 15 is 0 Å². The first-order chi connectivity index (χ1) is 7.92. The maximum absolute atomic E-state index is 5.48. The highest BCUT2D eigenvalue weighted by Gasteiger charge is 2.24. The van der Waals surface area contributed by atoms with Gasteiger partial charge in [-0.25, -0.2) is 0 Å². The van der Waals surface area contributed by atoms with Crippen molar-refractivity contribution in [3.8, 4) is 5.75 Å². The Morgan fingerprint density at radius 1 is 1.29 bits per heavy atom. The van der Waals surface area contributed by atoms with Crippen molar-refractivity contribution in [3.05, 3.63) is 29.3 Å². The van der Waals surface area contributed by atoms with Crippen LogP contribution in [-0.4, -0.2) is 20.7 Å². The van der Waals surface area contributed by atoms with Crippen molar-refractivity contribution in [1.82, 2.24) is 5.32 Å². The van der Waals surface area contributed by atoms with Crippen LogP contribution in [0.5, 0.6) is 5.75 Å². The quantitative estimate of drug-likeness (QED) is 0.845. The first-order valence-corrected chi connectivity index (χ1v) is 6.25. The molecule has 0 fully saturated rings. The fourth-order valence-corrected chi connectivity index (χ4v) is 2.15. The van der Waals surface area contributed by atoms with Gasteiger partial charge in [-0.1, -0.05) is 39.8 Å². The number of likely N-dealkylation sites (N-methyl/N-ethyl adjacent to an activating group) is 1. The van der Waals surface area contributed by atoms with Crippen molar-refractivity contribution in [1.29, 1.82) is 0 Å². The minimum Gasteiger partial charge on any atom is -0.496 e. The second-order valence-electron chi connectivity index (χ2n) is 5.53. The molecular weight excluding hydrogens is 210 g/mol. The fraction of sp³-hybridized carbons (Fsp3) is 0.600. The molecule has 0 saturated heterocycles. The van der Waals surface area contributed by atoms with Crippen molar-refractivity contribution < 1.29 is 4.74 Å². The van der Waals surface area contributed by atoms with E-state index in [2.05, 4.69) is 51.2 Å². The molecule has 0 atom stereocenters. The highest BCUT2D eigenvalue weighted by Crippen LogP contribution is 2.33. The molecule has 0 aliphatic heterocycles. The summed E-state index contributed by atoms with van der Waals surface area (Å²) in [5, 5.41) is 3.25. The molecular formula is C15H25NO. The zero-order valence-corrected chi connectivity index (χ0v) is 11.9. The molecule has 0 spiro atoms. The van der Waals surface area contributed by atoms with E-state index in [-0.39, 0.29) is 5.41 Å². The number of methoxy groups -OCH3 is 1. The summed E-state index contributed by atoms with van der Waals surface area (Å²) in [5.74, 6) is 1.53. The first-order valence-electron chi connectivity index (χ1n) is 6.25. The van der Waals surface area contributed by atoms with Crippen molar-refractivity contribution in [2.75, 3.05) is 20.7 Å². The largest absolute Gasteiger partial charge is 0.496 e. The lowest BCUT2D eigenvalue weighted by Crippen LogP contribution is -2.31. The van der Waals surface area contributed by atoms with Gasteiger partial charge >= 0.3 is 0 Å². The van der Waals surface area contributed by atoms with Crippen LogP contribution < -0.4 is 10.1 Å². The lowest BCUT2D eigenvalue weighted by atomic mass is 9.82. The molecule has 1 aromatic carbocycles. The molecule has 0 aliphatic rings. The summed E-state index contributed by atoms with van der Waals surface area (Å²) in [7, 11) is 3.73. The average Bonchev–Trinajstić information content (AvgIpc) is 2.28. The Balaban J connectivity index is 3.22. The molecule has 0 amide bonds. The number of benzene rings is 1. The second kappa shape index (κ2) is 5.54. The first kappa shape index (κ1) is 14.0. The Kier molecular flexibility index (Phi) is 4.58. The average molecular weight is 235 g/mol. The van der Waals surface area contributed by atoms with Crippen LogP contribution in [0.1, 0.15) is 44.7 Å². The highest BCUT2D eigenvalue weighted by molar-refractivity contribution is 5.43. The fourth-order valence-electron chi connectivity index (χ4n) is 2.15. The van der Waals surface area contributed by atoms with E-state index in [4.69, 9.17) is 4.74 Å². The van der Waals surface area contributed by atoms with Crippen molar-refractivity contribution in [3.63, 3.8) is 0 Å². The van der Waals surface area contributed by atoms with Gasteiger partial charge in [0.2, 0.25) is 0 Å². The van der Waals surface area contributed by atoms with Crippen LogP contribution in [0.25, 0.3) is 0 Å². The summed E-state index contributed by atoms with van der Waals surface area (Å²) >= 11 is 0. The van der Waals surface area contributed by atoms with Gasteiger partial charge in [-0.3, -0.25) is 0 Å². The van der Waals surface area contributed by atoms with Gasteiger partial charge in [-0.15, -0.1) is 0 Å². The Bertz CT molecular complexity index is 369. The number of rotatable bonds is 5. The van der Waals surface area contributed by atoms with Crippen LogP contribution in [-0.2, 0) is 5.41 Å². The predicted octanol–water partition coefficient (Wildman–Crippen LogP) is 3.32. The van der Waals surface area contributed by atoms with Gasteiger partial charge in [-0.05, 0) is 24.6 Å². The molecule has 0 heterocycles. The van der Waals surface area contributed by atoms with Crippen LogP contribution in [0, 0.1) is 0 Å². The van der Waals surface area contributed by atoms with E-state index in [0.717, 1.165) is 12.3 Å². The number of ether oxygens (including phenoxy) is 1. The number of nitrogens with one attached hydrogen (secondary N) is 1.